The Labute approximate surface area is 98.9 Å². The van der Waals surface area contributed by atoms with Crippen LogP contribution in [0.2, 0.25) is 0 Å². The lowest BCUT2D eigenvalue weighted by atomic mass is 10.6. The van der Waals surface area contributed by atoms with Crippen molar-refractivity contribution in [2.24, 2.45) is 0 Å². The van der Waals surface area contributed by atoms with E-state index in [1.54, 1.807) is 0 Å². The van der Waals surface area contributed by atoms with E-state index in [2.05, 4.69) is 59.1 Å². The first-order chi connectivity index (χ1) is 7.73. The lowest BCUT2D eigenvalue weighted by Crippen LogP contribution is -1.81. The fraction of sp³-hybridized carbons (Fsp3) is 0. The van der Waals surface area contributed by atoms with Crippen molar-refractivity contribution in [3.8, 4) is 0 Å². The number of rotatable bonds is 0. The molecule has 0 unspecified atom stereocenters. The van der Waals surface area contributed by atoms with Crippen LogP contribution in [0.15, 0.2) is 59.1 Å². The average molecular weight is 250 g/mol. The van der Waals surface area contributed by atoms with Gasteiger partial charge in [0.25, 0.3) is 0 Å². The van der Waals surface area contributed by atoms with Gasteiger partial charge in [-0.1, -0.05) is 59.1 Å². The molecule has 84 valence electrons. The van der Waals surface area contributed by atoms with Gasteiger partial charge in [0.05, 0.1) is 0 Å². The lowest BCUT2D eigenvalue weighted by Gasteiger charge is -1.69. The van der Waals surface area contributed by atoms with Gasteiger partial charge >= 0.3 is 6.16 Å². The SMILES string of the molecule is O=C(O)O.c1cc[siH]cc1.c1cc[siH]cc1. The highest BCUT2D eigenvalue weighted by molar-refractivity contribution is 6.26. The van der Waals surface area contributed by atoms with Gasteiger partial charge in [0.1, 0.15) is 0 Å². The van der Waals surface area contributed by atoms with Gasteiger partial charge in [-0.2, -0.15) is 0 Å². The van der Waals surface area contributed by atoms with Crippen LogP contribution in [0.1, 0.15) is 0 Å². The van der Waals surface area contributed by atoms with E-state index in [0.29, 0.717) is 18.2 Å². The summed E-state index contributed by atoms with van der Waals surface area (Å²) in [6.07, 6.45) is -1.83. The van der Waals surface area contributed by atoms with Crippen molar-refractivity contribution >= 4 is 24.4 Å². The third kappa shape index (κ3) is 14.9. The Bertz CT molecular complexity index is 265. The van der Waals surface area contributed by atoms with Gasteiger partial charge in [-0.05, 0) is 0 Å². The fourth-order valence-corrected chi connectivity index (χ4v) is 2.05. The summed E-state index contributed by atoms with van der Waals surface area (Å²) >= 11 is 0. The van der Waals surface area contributed by atoms with Gasteiger partial charge in [-0.15, -0.1) is 0 Å². The van der Waals surface area contributed by atoms with Crippen molar-refractivity contribution in [3.63, 3.8) is 0 Å². The minimum Gasteiger partial charge on any atom is -0.450 e. The first-order valence-corrected chi connectivity index (χ1v) is 7.32. The fourth-order valence-electron chi connectivity index (χ4n) is 0.770. The molecule has 2 rings (SSSR count). The molecule has 3 nitrogen and oxygen atoms in total. The Morgan fingerprint density at radius 1 is 0.688 bits per heavy atom. The highest BCUT2D eigenvalue weighted by atomic mass is 28.2. The zero-order valence-electron chi connectivity index (χ0n) is 8.73. The van der Waals surface area contributed by atoms with Crippen molar-refractivity contribution in [1.29, 1.82) is 0 Å². The molecule has 0 fully saturated rings. The molecule has 0 atom stereocenters. The standard InChI is InChI=1S/2C5H6Si.CH2O3/c2*1-2-4-6-5-3-1;2-1(3)4/h2*1-6H;(H2,2,3,4). The summed E-state index contributed by atoms with van der Waals surface area (Å²) in [7, 11) is 1.03. The van der Waals surface area contributed by atoms with Crippen LogP contribution in [0.5, 0.6) is 0 Å². The maximum Gasteiger partial charge on any atom is 0.503 e. The molecule has 2 heterocycles. The van der Waals surface area contributed by atoms with Crippen LogP contribution in [0.3, 0.4) is 0 Å². The van der Waals surface area contributed by atoms with E-state index >= 15 is 0 Å². The van der Waals surface area contributed by atoms with Crippen molar-refractivity contribution in [2.75, 3.05) is 0 Å². The number of hydrogen-bond donors (Lipinski definition) is 2. The summed E-state index contributed by atoms with van der Waals surface area (Å²) in [4.78, 5) is 8.56. The van der Waals surface area contributed by atoms with E-state index in [-0.39, 0.29) is 0 Å². The highest BCUT2D eigenvalue weighted by Gasteiger charge is 1.70. The molecule has 0 amide bonds. The van der Waals surface area contributed by atoms with Gasteiger partial charge in [0, 0.05) is 18.2 Å². The number of carboxylic acid groups (broad SMARTS) is 2. The Kier molecular flexibility index (Phi) is 10.3. The van der Waals surface area contributed by atoms with Gasteiger partial charge in [0.15, 0.2) is 0 Å². The maximum absolute atomic E-state index is 8.56. The number of carbonyl (C=O) groups is 1. The monoisotopic (exact) mass is 250 g/mol. The molecule has 0 saturated heterocycles. The lowest BCUT2D eigenvalue weighted by molar-refractivity contribution is 0.137. The zero-order valence-corrected chi connectivity index (χ0v) is 11.0. The average Bonchev–Trinajstić information content (AvgIpc) is 2.34. The normalized spacial score (nSPS) is 7.50. The van der Waals surface area contributed by atoms with Crippen molar-refractivity contribution in [2.45, 2.75) is 0 Å². The predicted octanol–water partition coefficient (Wildman–Crippen LogP) is 1.74. The Balaban J connectivity index is 0.000000217. The smallest absolute Gasteiger partial charge is 0.450 e. The summed E-state index contributed by atoms with van der Waals surface area (Å²) < 4.78 is 0. The Hall–Kier alpha value is -1.60. The first-order valence-electron chi connectivity index (χ1n) is 4.65. The van der Waals surface area contributed by atoms with Gasteiger partial charge in [-0.3, -0.25) is 0 Å². The van der Waals surface area contributed by atoms with Gasteiger partial charge in [0.2, 0.25) is 0 Å². The van der Waals surface area contributed by atoms with E-state index < -0.39 is 6.16 Å². The van der Waals surface area contributed by atoms with E-state index in [1.807, 2.05) is 0 Å². The summed E-state index contributed by atoms with van der Waals surface area (Å²) in [6, 6.07) is 12.5. The first kappa shape index (κ1) is 14.4. The molecule has 0 aliphatic rings. The third-order valence-electron chi connectivity index (χ3n) is 1.33. The van der Waals surface area contributed by atoms with Crippen LogP contribution in [0.25, 0.3) is 0 Å². The quantitative estimate of drug-likeness (QED) is 0.700. The third-order valence-corrected chi connectivity index (χ3v) is 3.11. The second-order valence-corrected chi connectivity index (χ2v) is 4.90. The van der Waals surface area contributed by atoms with Crippen LogP contribution in [0, 0.1) is 0 Å². The molecule has 0 aromatic carbocycles. The van der Waals surface area contributed by atoms with Gasteiger partial charge < -0.3 is 10.2 Å². The molecule has 0 spiro atoms. The van der Waals surface area contributed by atoms with Crippen LogP contribution in [0.4, 0.5) is 4.79 Å². The van der Waals surface area contributed by atoms with E-state index in [0.717, 1.165) is 0 Å². The molecule has 0 aliphatic carbocycles. The molecule has 0 radical (unpaired) electrons. The molecular weight excluding hydrogens is 236 g/mol. The Morgan fingerprint density at radius 2 is 0.938 bits per heavy atom. The highest BCUT2D eigenvalue weighted by Crippen LogP contribution is 1.73. The Morgan fingerprint density at radius 3 is 1.00 bits per heavy atom. The van der Waals surface area contributed by atoms with Crippen LogP contribution < -0.4 is 0 Å². The molecule has 2 N–H and O–H groups in total. The van der Waals surface area contributed by atoms with Crippen LogP contribution >= 0.6 is 0 Å². The van der Waals surface area contributed by atoms with E-state index in [1.165, 1.54) is 0 Å². The van der Waals surface area contributed by atoms with E-state index in [4.69, 9.17) is 15.0 Å². The minimum absolute atomic E-state index is 0.513. The molecule has 16 heavy (non-hydrogen) atoms. The molecule has 2 aromatic heterocycles. The zero-order chi connectivity index (χ0) is 12.1. The topological polar surface area (TPSA) is 57.5 Å². The van der Waals surface area contributed by atoms with Crippen molar-refractivity contribution in [3.05, 3.63) is 59.1 Å². The van der Waals surface area contributed by atoms with Crippen molar-refractivity contribution in [1.82, 2.24) is 0 Å². The molecular formula is C11H14O3Si2. The summed E-state index contributed by atoms with van der Waals surface area (Å²) in [5.74, 6) is 0. The minimum atomic E-state index is -1.83. The summed E-state index contributed by atoms with van der Waals surface area (Å²) in [5.41, 5.74) is 8.83. The predicted molar refractivity (Wildman–Crippen MR) is 69.0 cm³/mol. The second kappa shape index (κ2) is 11.5. The maximum atomic E-state index is 8.56. The van der Waals surface area contributed by atoms with Crippen molar-refractivity contribution < 1.29 is 15.0 Å². The van der Waals surface area contributed by atoms with E-state index in [9.17, 15) is 0 Å². The van der Waals surface area contributed by atoms with Crippen LogP contribution in [-0.4, -0.2) is 34.6 Å². The number of hydrogen-bond acceptors (Lipinski definition) is 1. The molecule has 5 heteroatoms. The molecule has 0 bridgehead atoms. The largest absolute Gasteiger partial charge is 0.503 e. The van der Waals surface area contributed by atoms with Crippen LogP contribution in [-0.2, 0) is 0 Å². The van der Waals surface area contributed by atoms with Gasteiger partial charge in [-0.25, -0.2) is 4.79 Å². The molecule has 0 saturated carbocycles. The molecule has 2 aromatic rings. The second-order valence-electron chi connectivity index (χ2n) is 2.59. The molecule has 0 aliphatic heterocycles. The summed E-state index contributed by atoms with van der Waals surface area (Å²) in [6.45, 7) is 0. The summed E-state index contributed by atoms with van der Waals surface area (Å²) in [5, 5.41) is 13.9.